The van der Waals surface area contributed by atoms with Crippen LogP contribution >= 0.6 is 0 Å². The molecule has 1 aromatic rings. The number of carboxylic acid groups (broad SMARTS) is 1. The molecule has 1 aliphatic heterocycles. The summed E-state index contributed by atoms with van der Waals surface area (Å²) in [5.41, 5.74) is 0.990. The molecule has 0 unspecified atom stereocenters. The van der Waals surface area contributed by atoms with Crippen LogP contribution in [-0.4, -0.2) is 61.6 Å². The summed E-state index contributed by atoms with van der Waals surface area (Å²) in [6.45, 7) is 3.19. The summed E-state index contributed by atoms with van der Waals surface area (Å²) in [6.07, 6.45) is 2.85. The van der Waals surface area contributed by atoms with Gasteiger partial charge in [0.2, 0.25) is 0 Å². The number of rotatable bonds is 8. The Balaban J connectivity index is 2.10. The minimum atomic E-state index is -0.989. The molecule has 0 amide bonds. The van der Waals surface area contributed by atoms with E-state index in [1.54, 1.807) is 19.2 Å². The molecule has 1 saturated heterocycles. The maximum absolute atomic E-state index is 11.4. The van der Waals surface area contributed by atoms with Crippen LogP contribution in [0, 0.1) is 5.41 Å². The van der Waals surface area contributed by atoms with Crippen molar-refractivity contribution in [3.63, 3.8) is 0 Å². The Morgan fingerprint density at radius 1 is 1.38 bits per heavy atom. The standard InChI is InChI=1S/C18H27NO5/c1-23-9-7-18(13-20)6-3-8-19(12-18)11-14-4-5-16(24-2)15(10-14)17(21)22/h4-5,10,20H,3,6-9,11-13H2,1-2H3,(H,21,22)/t18-/m0/s1. The van der Waals surface area contributed by atoms with Crippen LogP contribution in [0.2, 0.25) is 0 Å². The first-order valence-corrected chi connectivity index (χ1v) is 8.26. The molecule has 1 atom stereocenters. The zero-order valence-electron chi connectivity index (χ0n) is 14.5. The average molecular weight is 337 g/mol. The van der Waals surface area contributed by atoms with Crippen molar-refractivity contribution in [2.75, 3.05) is 40.5 Å². The number of hydrogen-bond donors (Lipinski definition) is 2. The van der Waals surface area contributed by atoms with Gasteiger partial charge in [-0.15, -0.1) is 0 Å². The highest BCUT2D eigenvalue weighted by atomic mass is 16.5. The van der Waals surface area contributed by atoms with Crippen molar-refractivity contribution in [3.05, 3.63) is 29.3 Å². The van der Waals surface area contributed by atoms with Gasteiger partial charge in [-0.1, -0.05) is 6.07 Å². The van der Waals surface area contributed by atoms with Crippen molar-refractivity contribution in [3.8, 4) is 5.75 Å². The number of likely N-dealkylation sites (tertiary alicyclic amines) is 1. The molecule has 0 saturated carbocycles. The first-order valence-electron chi connectivity index (χ1n) is 8.26. The predicted octanol–water partition coefficient (Wildman–Crippen LogP) is 2.00. The first-order chi connectivity index (χ1) is 11.5. The van der Waals surface area contributed by atoms with Crippen LogP contribution in [0.1, 0.15) is 35.2 Å². The quantitative estimate of drug-likeness (QED) is 0.755. The van der Waals surface area contributed by atoms with Crippen molar-refractivity contribution in [1.82, 2.24) is 4.90 Å². The Morgan fingerprint density at radius 3 is 2.79 bits per heavy atom. The van der Waals surface area contributed by atoms with E-state index in [-0.39, 0.29) is 17.6 Å². The molecule has 0 aromatic heterocycles. The second-order valence-electron chi connectivity index (χ2n) is 6.55. The number of carbonyl (C=O) groups is 1. The monoisotopic (exact) mass is 337 g/mol. The molecule has 0 spiro atoms. The maximum atomic E-state index is 11.4. The molecule has 0 radical (unpaired) electrons. The first kappa shape index (κ1) is 18.7. The molecule has 0 bridgehead atoms. The summed E-state index contributed by atoms with van der Waals surface area (Å²) in [5, 5.41) is 19.2. The van der Waals surface area contributed by atoms with Crippen LogP contribution in [0.25, 0.3) is 0 Å². The molecule has 1 aromatic carbocycles. The molecule has 24 heavy (non-hydrogen) atoms. The van der Waals surface area contributed by atoms with Gasteiger partial charge in [0.25, 0.3) is 0 Å². The number of ether oxygens (including phenoxy) is 2. The van der Waals surface area contributed by atoms with Crippen LogP contribution in [0.5, 0.6) is 5.75 Å². The lowest BCUT2D eigenvalue weighted by atomic mass is 9.78. The summed E-state index contributed by atoms with van der Waals surface area (Å²) in [7, 11) is 3.15. The van der Waals surface area contributed by atoms with E-state index < -0.39 is 5.97 Å². The SMILES string of the molecule is COCC[C@@]1(CO)CCCN(Cc2ccc(OC)c(C(=O)O)c2)C1. The molecule has 1 heterocycles. The van der Waals surface area contributed by atoms with E-state index in [2.05, 4.69) is 4.90 Å². The molecule has 6 nitrogen and oxygen atoms in total. The highest BCUT2D eigenvalue weighted by Crippen LogP contribution is 2.34. The van der Waals surface area contributed by atoms with Crippen LogP contribution in [-0.2, 0) is 11.3 Å². The molecule has 0 aliphatic carbocycles. The number of benzene rings is 1. The van der Waals surface area contributed by atoms with Crippen molar-refractivity contribution < 1.29 is 24.5 Å². The molecule has 1 aliphatic rings. The summed E-state index contributed by atoms with van der Waals surface area (Å²) >= 11 is 0. The van der Waals surface area contributed by atoms with Gasteiger partial charge >= 0.3 is 5.97 Å². The molecule has 6 heteroatoms. The van der Waals surface area contributed by atoms with Gasteiger partial charge in [-0.2, -0.15) is 0 Å². The minimum Gasteiger partial charge on any atom is -0.496 e. The van der Waals surface area contributed by atoms with E-state index in [0.29, 0.717) is 18.9 Å². The fraction of sp³-hybridized carbons (Fsp3) is 0.611. The van der Waals surface area contributed by atoms with E-state index in [1.807, 2.05) is 6.07 Å². The van der Waals surface area contributed by atoms with Gasteiger partial charge in [-0.25, -0.2) is 4.79 Å². The van der Waals surface area contributed by atoms with E-state index in [0.717, 1.165) is 37.9 Å². The highest BCUT2D eigenvalue weighted by Gasteiger charge is 2.34. The van der Waals surface area contributed by atoms with Gasteiger partial charge < -0.3 is 19.7 Å². The Morgan fingerprint density at radius 2 is 2.17 bits per heavy atom. The predicted molar refractivity (Wildman–Crippen MR) is 90.5 cm³/mol. The lowest BCUT2D eigenvalue weighted by molar-refractivity contribution is 0.00474. The summed E-state index contributed by atoms with van der Waals surface area (Å²) in [5.74, 6) is -0.619. The number of aliphatic hydroxyl groups excluding tert-OH is 1. The van der Waals surface area contributed by atoms with Crippen molar-refractivity contribution >= 4 is 5.97 Å². The number of piperidine rings is 1. The van der Waals surface area contributed by atoms with E-state index in [4.69, 9.17) is 9.47 Å². The lowest BCUT2D eigenvalue weighted by Gasteiger charge is -2.42. The Kier molecular flexibility index (Phi) is 6.60. The Hall–Kier alpha value is -1.63. The van der Waals surface area contributed by atoms with Crippen LogP contribution in [0.3, 0.4) is 0 Å². The van der Waals surface area contributed by atoms with E-state index in [9.17, 15) is 15.0 Å². The molecular formula is C18H27NO5. The zero-order valence-corrected chi connectivity index (χ0v) is 14.5. The lowest BCUT2D eigenvalue weighted by Crippen LogP contribution is -2.45. The summed E-state index contributed by atoms with van der Waals surface area (Å²) in [6, 6.07) is 5.27. The normalized spacial score (nSPS) is 21.6. The smallest absolute Gasteiger partial charge is 0.339 e. The van der Waals surface area contributed by atoms with Gasteiger partial charge in [0, 0.05) is 32.2 Å². The largest absolute Gasteiger partial charge is 0.496 e. The maximum Gasteiger partial charge on any atom is 0.339 e. The number of carboxylic acids is 1. The van der Waals surface area contributed by atoms with Gasteiger partial charge in [0.1, 0.15) is 11.3 Å². The second kappa shape index (κ2) is 8.46. The zero-order chi connectivity index (χ0) is 17.6. The molecule has 1 fully saturated rings. The number of hydrogen-bond acceptors (Lipinski definition) is 5. The van der Waals surface area contributed by atoms with Crippen LogP contribution in [0.4, 0.5) is 0 Å². The van der Waals surface area contributed by atoms with Gasteiger partial charge in [0.05, 0.1) is 13.7 Å². The van der Waals surface area contributed by atoms with Crippen molar-refractivity contribution in [1.29, 1.82) is 0 Å². The molecule has 2 N–H and O–H groups in total. The Labute approximate surface area is 143 Å². The molecule has 2 rings (SSSR count). The molecular weight excluding hydrogens is 310 g/mol. The molecule has 134 valence electrons. The van der Waals surface area contributed by atoms with Gasteiger partial charge in [-0.3, -0.25) is 4.90 Å². The number of methoxy groups -OCH3 is 2. The van der Waals surface area contributed by atoms with Gasteiger partial charge in [-0.05, 0) is 43.5 Å². The number of aromatic carboxylic acids is 1. The third-order valence-corrected chi connectivity index (χ3v) is 4.81. The third-order valence-electron chi connectivity index (χ3n) is 4.81. The van der Waals surface area contributed by atoms with Crippen molar-refractivity contribution in [2.24, 2.45) is 5.41 Å². The minimum absolute atomic E-state index is 0.129. The van der Waals surface area contributed by atoms with Crippen molar-refractivity contribution in [2.45, 2.75) is 25.8 Å². The number of nitrogens with zero attached hydrogens (tertiary/aromatic N) is 1. The third kappa shape index (κ3) is 4.47. The second-order valence-corrected chi connectivity index (χ2v) is 6.55. The van der Waals surface area contributed by atoms with E-state index in [1.165, 1.54) is 7.11 Å². The fourth-order valence-corrected chi connectivity index (χ4v) is 3.45. The summed E-state index contributed by atoms with van der Waals surface area (Å²) in [4.78, 5) is 13.6. The van der Waals surface area contributed by atoms with E-state index >= 15 is 0 Å². The average Bonchev–Trinajstić information content (AvgIpc) is 2.60. The number of aliphatic hydroxyl groups is 1. The topological polar surface area (TPSA) is 79.2 Å². The van der Waals surface area contributed by atoms with Crippen LogP contribution in [0.15, 0.2) is 18.2 Å². The highest BCUT2D eigenvalue weighted by molar-refractivity contribution is 5.91. The fourth-order valence-electron chi connectivity index (χ4n) is 3.45. The Bertz CT molecular complexity index is 562. The van der Waals surface area contributed by atoms with Crippen LogP contribution < -0.4 is 4.74 Å². The van der Waals surface area contributed by atoms with Gasteiger partial charge in [0.15, 0.2) is 0 Å². The summed E-state index contributed by atoms with van der Waals surface area (Å²) < 4.78 is 10.3.